The molecule has 9 nitrogen and oxygen atoms in total. The maximum absolute atomic E-state index is 12.7. The molecule has 2 aromatic rings. The third-order valence-corrected chi connectivity index (χ3v) is 5.54. The average molecular weight is 439 g/mol. The summed E-state index contributed by atoms with van der Waals surface area (Å²) in [6.45, 7) is 1.34. The Morgan fingerprint density at radius 3 is 2.66 bits per heavy atom. The Morgan fingerprint density at radius 1 is 1.28 bits per heavy atom. The number of ether oxygens (including phenoxy) is 1. The van der Waals surface area contributed by atoms with E-state index in [0.717, 1.165) is 6.07 Å². The van der Waals surface area contributed by atoms with Gasteiger partial charge in [0, 0.05) is 18.8 Å². The van der Waals surface area contributed by atoms with Gasteiger partial charge in [-0.15, -0.1) is 0 Å². The minimum absolute atomic E-state index is 0.00641. The van der Waals surface area contributed by atoms with Crippen LogP contribution in [-0.2, 0) is 14.8 Å². The highest BCUT2D eigenvalue weighted by atomic mass is 35.5. The molecule has 4 N–H and O–H groups in total. The van der Waals surface area contributed by atoms with Gasteiger partial charge in [-0.3, -0.25) is 9.59 Å². The number of primary sulfonamides is 1. The van der Waals surface area contributed by atoms with Crippen molar-refractivity contribution in [1.29, 1.82) is 0 Å². The van der Waals surface area contributed by atoms with Crippen LogP contribution in [0.15, 0.2) is 41.3 Å². The Hall–Kier alpha value is -2.82. The number of anilines is 2. The summed E-state index contributed by atoms with van der Waals surface area (Å²) in [6.07, 6.45) is 0. The third-order valence-electron chi connectivity index (χ3n) is 4.33. The number of halogens is 1. The molecule has 0 aromatic heterocycles. The number of hydrogen-bond donors (Lipinski definition) is 3. The largest absolute Gasteiger partial charge is 0.496 e. The lowest BCUT2D eigenvalue weighted by molar-refractivity contribution is -0.120. The fraction of sp³-hybridized carbons (Fsp3) is 0.222. The first kappa shape index (κ1) is 20.9. The van der Waals surface area contributed by atoms with Crippen molar-refractivity contribution in [2.45, 2.75) is 4.90 Å². The lowest BCUT2D eigenvalue weighted by Crippen LogP contribution is -2.47. The van der Waals surface area contributed by atoms with Crippen LogP contribution in [0.3, 0.4) is 0 Å². The summed E-state index contributed by atoms with van der Waals surface area (Å²) >= 11 is 6.34. The first-order valence-electron chi connectivity index (χ1n) is 8.52. The minimum Gasteiger partial charge on any atom is -0.496 e. The van der Waals surface area contributed by atoms with Gasteiger partial charge < -0.3 is 20.3 Å². The van der Waals surface area contributed by atoms with E-state index in [1.807, 2.05) is 4.90 Å². The van der Waals surface area contributed by atoms with Crippen LogP contribution < -0.4 is 25.4 Å². The fourth-order valence-corrected chi connectivity index (χ4v) is 3.77. The quantitative estimate of drug-likeness (QED) is 0.642. The van der Waals surface area contributed by atoms with Crippen molar-refractivity contribution in [2.75, 3.05) is 37.0 Å². The van der Waals surface area contributed by atoms with Crippen LogP contribution in [-0.4, -0.2) is 47.0 Å². The van der Waals surface area contributed by atoms with E-state index in [9.17, 15) is 18.0 Å². The SMILES string of the molecule is COc1ccc(S(N)(=O)=O)cc1C(=O)Nc1ccc(N2CCNC(=O)C2)c(Cl)c1. The molecule has 1 aliphatic heterocycles. The first-order chi connectivity index (χ1) is 13.7. The summed E-state index contributed by atoms with van der Waals surface area (Å²) in [4.78, 5) is 25.9. The van der Waals surface area contributed by atoms with E-state index >= 15 is 0 Å². The van der Waals surface area contributed by atoms with E-state index < -0.39 is 15.9 Å². The number of rotatable bonds is 5. The van der Waals surface area contributed by atoms with Gasteiger partial charge in [-0.2, -0.15) is 0 Å². The number of nitrogens with zero attached hydrogens (tertiary/aromatic N) is 1. The smallest absolute Gasteiger partial charge is 0.259 e. The number of carbonyl (C=O) groups is 2. The lowest BCUT2D eigenvalue weighted by atomic mass is 10.1. The molecule has 2 amide bonds. The van der Waals surface area contributed by atoms with E-state index in [4.69, 9.17) is 21.5 Å². The normalized spacial score (nSPS) is 14.3. The van der Waals surface area contributed by atoms with Crippen molar-refractivity contribution in [3.8, 4) is 5.75 Å². The molecule has 0 atom stereocenters. The molecule has 0 aliphatic carbocycles. The molecule has 29 heavy (non-hydrogen) atoms. The van der Waals surface area contributed by atoms with Crippen LogP contribution in [0.4, 0.5) is 11.4 Å². The van der Waals surface area contributed by atoms with Gasteiger partial charge in [-0.25, -0.2) is 13.6 Å². The number of benzene rings is 2. The van der Waals surface area contributed by atoms with Crippen molar-refractivity contribution < 1.29 is 22.7 Å². The highest BCUT2D eigenvalue weighted by molar-refractivity contribution is 7.89. The Labute approximate surface area is 172 Å². The molecule has 0 spiro atoms. The van der Waals surface area contributed by atoms with E-state index in [1.54, 1.807) is 18.2 Å². The average Bonchev–Trinajstić information content (AvgIpc) is 2.66. The zero-order chi connectivity index (χ0) is 21.2. The van der Waals surface area contributed by atoms with Gasteiger partial charge in [0.1, 0.15) is 5.75 Å². The van der Waals surface area contributed by atoms with E-state index in [1.165, 1.54) is 19.2 Å². The molecule has 3 rings (SSSR count). The molecular weight excluding hydrogens is 420 g/mol. The Morgan fingerprint density at radius 2 is 2.03 bits per heavy atom. The first-order valence-corrected chi connectivity index (χ1v) is 10.4. The van der Waals surface area contributed by atoms with Gasteiger partial charge >= 0.3 is 0 Å². The van der Waals surface area contributed by atoms with Crippen LogP contribution in [0, 0.1) is 0 Å². The summed E-state index contributed by atoms with van der Waals surface area (Å²) < 4.78 is 28.3. The second kappa shape index (κ2) is 8.27. The summed E-state index contributed by atoms with van der Waals surface area (Å²) in [5.74, 6) is -0.489. The molecule has 1 aliphatic rings. The van der Waals surface area contributed by atoms with Crippen LogP contribution >= 0.6 is 11.6 Å². The van der Waals surface area contributed by atoms with Gasteiger partial charge in [0.15, 0.2) is 0 Å². The highest BCUT2D eigenvalue weighted by Gasteiger charge is 2.20. The number of nitrogens with one attached hydrogen (secondary N) is 2. The predicted molar refractivity (Wildman–Crippen MR) is 109 cm³/mol. The van der Waals surface area contributed by atoms with Crippen molar-refractivity contribution in [3.05, 3.63) is 47.0 Å². The second-order valence-electron chi connectivity index (χ2n) is 6.30. The number of methoxy groups -OCH3 is 1. The molecule has 0 saturated carbocycles. The Kier molecular flexibility index (Phi) is 5.96. The predicted octanol–water partition coefficient (Wildman–Crippen LogP) is 1.18. The molecule has 1 saturated heterocycles. The summed E-state index contributed by atoms with van der Waals surface area (Å²) in [5.41, 5.74) is 1.08. The molecule has 0 radical (unpaired) electrons. The van der Waals surface area contributed by atoms with Crippen LogP contribution in [0.1, 0.15) is 10.4 Å². The van der Waals surface area contributed by atoms with E-state index in [0.29, 0.717) is 29.5 Å². The van der Waals surface area contributed by atoms with Crippen molar-refractivity contribution >= 4 is 44.8 Å². The zero-order valence-electron chi connectivity index (χ0n) is 15.4. The number of sulfonamides is 1. The zero-order valence-corrected chi connectivity index (χ0v) is 17.0. The Balaban J connectivity index is 1.84. The van der Waals surface area contributed by atoms with Gasteiger partial charge in [-0.05, 0) is 36.4 Å². The second-order valence-corrected chi connectivity index (χ2v) is 8.27. The molecule has 0 bridgehead atoms. The van der Waals surface area contributed by atoms with Gasteiger partial charge in [0.2, 0.25) is 15.9 Å². The number of nitrogens with two attached hydrogens (primary N) is 1. The fourth-order valence-electron chi connectivity index (χ4n) is 2.93. The molecule has 2 aromatic carbocycles. The highest BCUT2D eigenvalue weighted by Crippen LogP contribution is 2.30. The molecule has 154 valence electrons. The minimum atomic E-state index is -3.98. The molecule has 1 fully saturated rings. The van der Waals surface area contributed by atoms with Gasteiger partial charge in [0.25, 0.3) is 5.91 Å². The van der Waals surface area contributed by atoms with Crippen molar-refractivity contribution in [3.63, 3.8) is 0 Å². The van der Waals surface area contributed by atoms with Crippen molar-refractivity contribution in [1.82, 2.24) is 5.32 Å². The molecule has 11 heteroatoms. The number of piperazine rings is 1. The van der Waals surface area contributed by atoms with Crippen LogP contribution in [0.25, 0.3) is 0 Å². The summed E-state index contributed by atoms with van der Waals surface area (Å²) in [7, 11) is -2.62. The van der Waals surface area contributed by atoms with Gasteiger partial charge in [0.05, 0.1) is 34.8 Å². The van der Waals surface area contributed by atoms with E-state index in [2.05, 4.69) is 10.6 Å². The monoisotopic (exact) mass is 438 g/mol. The molecule has 0 unspecified atom stereocenters. The Bertz CT molecular complexity index is 1070. The maximum atomic E-state index is 12.7. The van der Waals surface area contributed by atoms with Crippen molar-refractivity contribution in [2.24, 2.45) is 5.14 Å². The van der Waals surface area contributed by atoms with Gasteiger partial charge in [-0.1, -0.05) is 11.6 Å². The van der Waals surface area contributed by atoms with Crippen LogP contribution in [0.5, 0.6) is 5.75 Å². The summed E-state index contributed by atoms with van der Waals surface area (Å²) in [6, 6.07) is 8.65. The summed E-state index contributed by atoms with van der Waals surface area (Å²) in [5, 5.41) is 10.9. The number of carbonyl (C=O) groups excluding carboxylic acids is 2. The lowest BCUT2D eigenvalue weighted by Gasteiger charge is -2.29. The molecule has 1 heterocycles. The topological polar surface area (TPSA) is 131 Å². The third kappa shape index (κ3) is 4.78. The number of hydrogen-bond acceptors (Lipinski definition) is 6. The van der Waals surface area contributed by atoms with Crippen LogP contribution in [0.2, 0.25) is 5.02 Å². The van der Waals surface area contributed by atoms with E-state index in [-0.39, 0.29) is 28.7 Å². The standard InChI is InChI=1S/C18H19ClN4O5S/c1-28-16-5-3-12(29(20,26)27)9-13(16)18(25)22-11-2-4-15(14(19)8-11)23-7-6-21-17(24)10-23/h2-5,8-9H,6-7,10H2,1H3,(H,21,24)(H,22,25)(H2,20,26,27). The number of amides is 2. The molecular formula is C18H19ClN4O5S. The maximum Gasteiger partial charge on any atom is 0.259 e.